The molecular formula is C29H31N5O2. The van der Waals surface area contributed by atoms with E-state index in [9.17, 15) is 4.79 Å². The second kappa shape index (κ2) is 8.97. The van der Waals surface area contributed by atoms with Crippen LogP contribution >= 0.6 is 0 Å². The van der Waals surface area contributed by atoms with Crippen molar-refractivity contribution in [2.75, 3.05) is 20.2 Å². The molecule has 0 saturated carbocycles. The summed E-state index contributed by atoms with van der Waals surface area (Å²) in [5.74, 6) is 1.54. The number of methoxy groups -OCH3 is 1. The second-order valence-corrected chi connectivity index (χ2v) is 9.82. The number of carbonyl (C=O) groups excluding carboxylic acids is 1. The van der Waals surface area contributed by atoms with E-state index < -0.39 is 0 Å². The fourth-order valence-electron chi connectivity index (χ4n) is 5.75. The molecule has 0 bridgehead atoms. The van der Waals surface area contributed by atoms with Crippen molar-refractivity contribution in [3.8, 4) is 5.75 Å². The number of fused-ring (bicyclic) bond motifs is 4. The van der Waals surface area contributed by atoms with Crippen LogP contribution in [0.25, 0.3) is 27.5 Å². The van der Waals surface area contributed by atoms with Gasteiger partial charge in [0.05, 0.1) is 12.6 Å². The average molecular weight is 482 g/mol. The molecule has 2 aromatic carbocycles. The predicted octanol–water partition coefficient (Wildman–Crippen LogP) is 5.33. The molecule has 1 aliphatic heterocycles. The van der Waals surface area contributed by atoms with E-state index in [1.165, 1.54) is 10.9 Å². The van der Waals surface area contributed by atoms with Crippen molar-refractivity contribution in [3.05, 3.63) is 71.2 Å². The highest BCUT2D eigenvalue weighted by Gasteiger charge is 2.26. The Kier molecular flexibility index (Phi) is 5.63. The number of piperidine rings is 1. The number of aromatic amines is 1. The minimum Gasteiger partial charge on any atom is -0.497 e. The van der Waals surface area contributed by atoms with E-state index in [0.29, 0.717) is 18.8 Å². The largest absolute Gasteiger partial charge is 0.497 e. The van der Waals surface area contributed by atoms with Crippen LogP contribution in [0, 0.1) is 13.8 Å². The Balaban J connectivity index is 1.13. The maximum absolute atomic E-state index is 13.1. The number of nitrogens with zero attached hydrogens (tertiary/aromatic N) is 4. The SMILES string of the molecule is COc1ccc2[nH]cc(C3CCN(C(=O)CCc4c(C)nc5c6ccccc6nn5c4C)CC3)c2c1. The third-order valence-electron chi connectivity index (χ3n) is 7.82. The molecule has 0 radical (unpaired) electrons. The Labute approximate surface area is 210 Å². The summed E-state index contributed by atoms with van der Waals surface area (Å²) < 4.78 is 7.35. The first-order valence-electron chi connectivity index (χ1n) is 12.7. The van der Waals surface area contributed by atoms with E-state index in [-0.39, 0.29) is 5.91 Å². The molecule has 7 nitrogen and oxygen atoms in total. The topological polar surface area (TPSA) is 75.5 Å². The van der Waals surface area contributed by atoms with E-state index in [1.54, 1.807) is 7.11 Å². The van der Waals surface area contributed by atoms with Crippen LogP contribution < -0.4 is 4.74 Å². The second-order valence-electron chi connectivity index (χ2n) is 9.82. The van der Waals surface area contributed by atoms with Gasteiger partial charge in [0.25, 0.3) is 0 Å². The van der Waals surface area contributed by atoms with Crippen molar-refractivity contribution >= 4 is 33.4 Å². The first-order valence-corrected chi connectivity index (χ1v) is 12.7. The van der Waals surface area contributed by atoms with Gasteiger partial charge in [0.1, 0.15) is 5.75 Å². The Morgan fingerprint density at radius 3 is 2.72 bits per heavy atom. The molecular weight excluding hydrogens is 450 g/mol. The maximum Gasteiger partial charge on any atom is 0.222 e. The Morgan fingerprint density at radius 2 is 1.92 bits per heavy atom. The summed E-state index contributed by atoms with van der Waals surface area (Å²) in [4.78, 5) is 23.4. The summed E-state index contributed by atoms with van der Waals surface area (Å²) in [6, 6.07) is 14.2. The number of nitrogens with one attached hydrogen (secondary N) is 1. The third-order valence-corrected chi connectivity index (χ3v) is 7.82. The number of likely N-dealkylation sites (tertiary alicyclic amines) is 1. The first kappa shape index (κ1) is 22.6. The minimum absolute atomic E-state index is 0.221. The molecule has 0 spiro atoms. The molecule has 0 atom stereocenters. The van der Waals surface area contributed by atoms with Gasteiger partial charge in [0.15, 0.2) is 5.65 Å². The van der Waals surface area contributed by atoms with Crippen molar-refractivity contribution in [2.24, 2.45) is 0 Å². The molecule has 5 aromatic rings. The van der Waals surface area contributed by atoms with Crippen LogP contribution in [0.3, 0.4) is 0 Å². The minimum atomic E-state index is 0.221. The standard InChI is InChI=1S/C29H31N5O2/c1-18-22(19(2)34-29(31-18)23-6-4-5-7-27(23)32-34)9-11-28(35)33-14-12-20(13-15-33)25-17-30-26-10-8-21(36-3)16-24(25)26/h4-8,10,16-17,20,30H,9,11-15H2,1-3H3. The lowest BCUT2D eigenvalue weighted by Crippen LogP contribution is -2.38. The summed E-state index contributed by atoms with van der Waals surface area (Å²) >= 11 is 0. The van der Waals surface area contributed by atoms with Crippen molar-refractivity contribution in [1.29, 1.82) is 0 Å². The van der Waals surface area contributed by atoms with Gasteiger partial charge < -0.3 is 14.6 Å². The molecule has 7 heteroatoms. The fourth-order valence-corrected chi connectivity index (χ4v) is 5.75. The number of aromatic nitrogens is 4. The molecule has 36 heavy (non-hydrogen) atoms. The van der Waals surface area contributed by atoms with Gasteiger partial charge in [-0.25, -0.2) is 9.50 Å². The van der Waals surface area contributed by atoms with Gasteiger partial charge in [0.2, 0.25) is 5.91 Å². The number of benzene rings is 2. The smallest absolute Gasteiger partial charge is 0.222 e. The molecule has 1 aliphatic rings. The maximum atomic E-state index is 13.1. The quantitative estimate of drug-likeness (QED) is 0.368. The van der Waals surface area contributed by atoms with Crippen LogP contribution in [0.5, 0.6) is 5.75 Å². The molecule has 4 heterocycles. The number of carbonyl (C=O) groups is 1. The molecule has 1 fully saturated rings. The van der Waals surface area contributed by atoms with Crippen molar-refractivity contribution in [1.82, 2.24) is 24.5 Å². The first-order chi connectivity index (χ1) is 17.5. The van der Waals surface area contributed by atoms with Gasteiger partial charge in [-0.1, -0.05) is 12.1 Å². The zero-order valence-electron chi connectivity index (χ0n) is 21.0. The van der Waals surface area contributed by atoms with E-state index >= 15 is 0 Å². The highest BCUT2D eigenvalue weighted by molar-refractivity contribution is 5.92. The fraction of sp³-hybridized carbons (Fsp3) is 0.345. The van der Waals surface area contributed by atoms with Crippen LogP contribution in [0.15, 0.2) is 48.7 Å². The lowest BCUT2D eigenvalue weighted by molar-refractivity contribution is -0.132. The summed E-state index contributed by atoms with van der Waals surface area (Å²) in [7, 11) is 1.70. The molecule has 0 unspecified atom stereocenters. The van der Waals surface area contributed by atoms with Crippen molar-refractivity contribution in [3.63, 3.8) is 0 Å². The predicted molar refractivity (Wildman–Crippen MR) is 142 cm³/mol. The van der Waals surface area contributed by atoms with Gasteiger partial charge in [0, 0.05) is 53.4 Å². The van der Waals surface area contributed by atoms with Crippen LogP contribution in [-0.4, -0.2) is 50.6 Å². The normalized spacial score (nSPS) is 14.8. The lowest BCUT2D eigenvalue weighted by atomic mass is 9.89. The number of hydrogen-bond acceptors (Lipinski definition) is 4. The van der Waals surface area contributed by atoms with E-state index in [1.807, 2.05) is 40.6 Å². The van der Waals surface area contributed by atoms with Gasteiger partial charge in [-0.05, 0) is 80.5 Å². The third kappa shape index (κ3) is 3.79. The van der Waals surface area contributed by atoms with Gasteiger partial charge in [-0.15, -0.1) is 0 Å². The summed E-state index contributed by atoms with van der Waals surface area (Å²) in [6.07, 6.45) is 5.24. The highest BCUT2D eigenvalue weighted by Crippen LogP contribution is 2.35. The van der Waals surface area contributed by atoms with Gasteiger partial charge in [-0.3, -0.25) is 4.79 Å². The van der Waals surface area contributed by atoms with Crippen molar-refractivity contribution in [2.45, 2.75) is 45.4 Å². The summed E-state index contributed by atoms with van der Waals surface area (Å²) in [6.45, 7) is 5.70. The molecule has 184 valence electrons. The number of H-pyrrole nitrogens is 1. The molecule has 1 N–H and O–H groups in total. The molecule has 3 aromatic heterocycles. The summed E-state index contributed by atoms with van der Waals surface area (Å²) in [5, 5.41) is 7.03. The lowest BCUT2D eigenvalue weighted by Gasteiger charge is -2.32. The Bertz CT molecular complexity index is 1590. The number of ether oxygens (including phenoxy) is 1. The molecule has 1 saturated heterocycles. The zero-order valence-corrected chi connectivity index (χ0v) is 21.0. The Hall–Kier alpha value is -3.87. The molecule has 6 rings (SSSR count). The van der Waals surface area contributed by atoms with E-state index in [0.717, 1.165) is 70.7 Å². The monoisotopic (exact) mass is 481 g/mol. The highest BCUT2D eigenvalue weighted by atomic mass is 16.5. The Morgan fingerprint density at radius 1 is 1.11 bits per heavy atom. The number of amides is 1. The molecule has 1 amide bonds. The van der Waals surface area contributed by atoms with E-state index in [4.69, 9.17) is 14.8 Å². The number of hydrogen-bond donors (Lipinski definition) is 1. The zero-order chi connectivity index (χ0) is 24.8. The summed E-state index contributed by atoms with van der Waals surface area (Å²) in [5.41, 5.74) is 7.44. The van der Waals surface area contributed by atoms with Crippen LogP contribution in [0.1, 0.15) is 47.7 Å². The average Bonchev–Trinajstić information content (AvgIpc) is 3.50. The van der Waals surface area contributed by atoms with Crippen molar-refractivity contribution < 1.29 is 9.53 Å². The van der Waals surface area contributed by atoms with Gasteiger partial charge in [-0.2, -0.15) is 5.10 Å². The van der Waals surface area contributed by atoms with Crippen LogP contribution in [0.2, 0.25) is 0 Å². The number of aryl methyl sites for hydroxylation is 2. The van der Waals surface area contributed by atoms with Crippen LogP contribution in [-0.2, 0) is 11.2 Å². The van der Waals surface area contributed by atoms with Crippen LogP contribution in [0.4, 0.5) is 0 Å². The van der Waals surface area contributed by atoms with E-state index in [2.05, 4.69) is 36.3 Å². The van der Waals surface area contributed by atoms with Gasteiger partial charge >= 0.3 is 0 Å². The number of rotatable bonds is 5. The molecule has 0 aliphatic carbocycles.